The Labute approximate surface area is 366 Å². The lowest BCUT2D eigenvalue weighted by atomic mass is 9.94. The Morgan fingerprint density at radius 1 is 0.984 bits per heavy atom. The minimum absolute atomic E-state index is 0.0104. The summed E-state index contributed by atoms with van der Waals surface area (Å²) in [5, 5.41) is 5.71. The van der Waals surface area contributed by atoms with Crippen molar-refractivity contribution in [2.24, 2.45) is 5.92 Å². The van der Waals surface area contributed by atoms with Gasteiger partial charge in [-0.05, 0) is 44.9 Å². The molecule has 0 bridgehead atoms. The van der Waals surface area contributed by atoms with Crippen molar-refractivity contribution < 1.29 is 46.6 Å². The normalized spacial score (nSPS) is 16.8. The van der Waals surface area contributed by atoms with Crippen molar-refractivity contribution in [2.45, 2.75) is 84.7 Å². The number of fused-ring (bicyclic) bond motifs is 5. The van der Waals surface area contributed by atoms with Gasteiger partial charge in [0.05, 0.1) is 69.2 Å². The highest BCUT2D eigenvalue weighted by molar-refractivity contribution is 5.92. The average Bonchev–Trinajstić information content (AvgIpc) is 4.04. The van der Waals surface area contributed by atoms with Gasteiger partial charge >= 0.3 is 17.8 Å². The molecule has 5 atom stereocenters. The van der Waals surface area contributed by atoms with Crippen LogP contribution in [0.3, 0.4) is 0 Å². The highest BCUT2D eigenvalue weighted by atomic mass is 19.1. The van der Waals surface area contributed by atoms with Crippen LogP contribution >= 0.6 is 0 Å². The number of imidazole rings is 2. The number of alkyl halides is 2. The molecule has 7 rings (SSSR count). The first-order chi connectivity index (χ1) is 30.5. The molecule has 0 radical (unpaired) electrons. The highest BCUT2D eigenvalue weighted by Crippen LogP contribution is 2.41. The first-order valence-electron chi connectivity index (χ1n) is 20.7. The second-order valence-corrected chi connectivity index (χ2v) is 16.4. The van der Waals surface area contributed by atoms with Gasteiger partial charge in [-0.3, -0.25) is 9.59 Å². The number of nitrogens with zero attached hydrogens (tertiary/aromatic N) is 4. The van der Waals surface area contributed by atoms with Gasteiger partial charge in [-0.15, -0.1) is 0 Å². The van der Waals surface area contributed by atoms with Crippen LogP contribution in [0, 0.1) is 5.92 Å². The van der Waals surface area contributed by atoms with E-state index in [2.05, 4.69) is 35.3 Å². The number of nitrogens with one attached hydrogen (secondary N) is 4. The number of carbonyl (C=O) groups is 4. The van der Waals surface area contributed by atoms with Crippen LogP contribution in [0.15, 0.2) is 69.7 Å². The van der Waals surface area contributed by atoms with Crippen molar-refractivity contribution in [3.8, 4) is 39.4 Å². The molecule has 5 aromatic rings. The molecule has 4 N–H and O–H groups in total. The van der Waals surface area contributed by atoms with E-state index in [1.54, 1.807) is 70.4 Å². The van der Waals surface area contributed by atoms with Gasteiger partial charge in [0, 0.05) is 34.1 Å². The summed E-state index contributed by atoms with van der Waals surface area (Å²) in [6.07, 6.45) is 0.507. The molecule has 2 aliphatic heterocycles. The SMILES string of the molecule is COC(=O)NC(C=C(C)C)C(=O)N1C[C@H](F)C[C@H]1c1ncc(-c2ccc3c(c2)OCc2c-3c(=O)oc3cc(-c4cnc(CN(C[C@@H](C)F)C(=O)[C@@H](NC(=O)OC)C(C)C)[nH]4)ccc23)[nH]1. The molecule has 2 aliphatic rings. The Morgan fingerprint density at radius 3 is 2.38 bits per heavy atom. The Kier molecular flexibility index (Phi) is 13.2. The summed E-state index contributed by atoms with van der Waals surface area (Å²) >= 11 is 0. The van der Waals surface area contributed by atoms with Crippen molar-refractivity contribution in [3.05, 3.63) is 88.1 Å². The number of ether oxygens (including phenoxy) is 3. The van der Waals surface area contributed by atoms with E-state index in [9.17, 15) is 32.8 Å². The highest BCUT2D eigenvalue weighted by Gasteiger charge is 2.41. The second kappa shape index (κ2) is 18.7. The predicted molar refractivity (Wildman–Crippen MR) is 230 cm³/mol. The minimum Gasteiger partial charge on any atom is -0.488 e. The quantitative estimate of drug-likeness (QED) is 0.0740. The van der Waals surface area contributed by atoms with Crippen LogP contribution in [0.5, 0.6) is 5.75 Å². The fourth-order valence-electron chi connectivity index (χ4n) is 8.04. The molecule has 0 spiro atoms. The number of amides is 4. The number of hydrogen-bond acceptors (Lipinski definition) is 11. The number of likely N-dealkylation sites (tertiary alicyclic amines) is 1. The number of aromatic nitrogens is 4. The maximum absolute atomic E-state index is 14.9. The third-order valence-electron chi connectivity index (χ3n) is 11.1. The summed E-state index contributed by atoms with van der Waals surface area (Å²) in [4.78, 5) is 82.9. The lowest BCUT2D eigenvalue weighted by molar-refractivity contribution is -0.136. The number of aromatic amines is 2. The number of methoxy groups -OCH3 is 2. The Balaban J connectivity index is 1.10. The smallest absolute Gasteiger partial charge is 0.407 e. The van der Waals surface area contributed by atoms with Crippen LogP contribution in [0.2, 0.25) is 0 Å². The zero-order chi connectivity index (χ0) is 46.0. The lowest BCUT2D eigenvalue weighted by Crippen LogP contribution is -2.52. The summed E-state index contributed by atoms with van der Waals surface area (Å²) in [6.45, 7) is 8.02. The molecule has 4 amide bonds. The lowest BCUT2D eigenvalue weighted by Gasteiger charge is -2.29. The molecule has 0 aliphatic carbocycles. The van der Waals surface area contributed by atoms with E-state index in [1.807, 2.05) is 12.1 Å². The molecule has 1 unspecified atom stereocenters. The van der Waals surface area contributed by atoms with Gasteiger partial charge in [0.15, 0.2) is 0 Å². The number of hydrogen-bond donors (Lipinski definition) is 4. The molecule has 1 saturated heterocycles. The average molecular weight is 885 g/mol. The van der Waals surface area contributed by atoms with E-state index in [0.29, 0.717) is 67.6 Å². The van der Waals surface area contributed by atoms with Crippen molar-refractivity contribution in [1.82, 2.24) is 40.4 Å². The Morgan fingerprint density at radius 2 is 1.67 bits per heavy atom. The molecule has 17 nitrogen and oxygen atoms in total. The van der Waals surface area contributed by atoms with Crippen LogP contribution in [-0.4, -0.2) is 105 Å². The van der Waals surface area contributed by atoms with Gasteiger partial charge in [0.2, 0.25) is 11.8 Å². The van der Waals surface area contributed by atoms with E-state index in [-0.39, 0.29) is 38.6 Å². The van der Waals surface area contributed by atoms with Crippen LogP contribution in [0.4, 0.5) is 18.4 Å². The number of allylic oxidation sites excluding steroid dienone is 1. The fourth-order valence-corrected chi connectivity index (χ4v) is 8.04. The molecule has 2 aromatic carbocycles. The Hall–Kier alpha value is -7.05. The largest absolute Gasteiger partial charge is 0.488 e. The molecular weight excluding hydrogens is 835 g/mol. The van der Waals surface area contributed by atoms with Gasteiger partial charge < -0.3 is 49.0 Å². The maximum Gasteiger partial charge on any atom is 0.407 e. The fraction of sp³-hybridized carbons (Fsp3) is 0.400. The standard InChI is InChI=1S/C45H50F2N8O9/c1-22(2)12-31(52-44(59)61-6)41(56)55-19-27(47)15-34(55)40-49-17-33(51-40)25-9-11-29-35(13-25)63-21-30-28-10-8-26(14-36(28)64-43(58)38(29)30)32-16-48-37(50-32)20-54(18-24(5)46)42(57)39(23(3)4)53-45(60)62-7/h8-14,16-17,23-24,27,31,34,39H,15,18-21H2,1-7H3,(H,48,50)(H,49,51)(H,52,59)(H,53,60)/t24-,27-,31?,34+,39+/m1/s1. The first kappa shape index (κ1) is 45.0. The number of halogens is 2. The summed E-state index contributed by atoms with van der Waals surface area (Å²) in [5.41, 5.74) is 4.48. The summed E-state index contributed by atoms with van der Waals surface area (Å²) in [7, 11) is 2.39. The van der Waals surface area contributed by atoms with Crippen LogP contribution in [-0.2, 0) is 32.2 Å². The number of rotatable bonds is 13. The van der Waals surface area contributed by atoms with Crippen molar-refractivity contribution in [3.63, 3.8) is 0 Å². The maximum atomic E-state index is 14.9. The van der Waals surface area contributed by atoms with E-state index >= 15 is 0 Å². The van der Waals surface area contributed by atoms with Gasteiger partial charge in [-0.2, -0.15) is 0 Å². The predicted octanol–water partition coefficient (Wildman–Crippen LogP) is 6.50. The number of alkyl carbamates (subject to hydrolysis) is 2. The third kappa shape index (κ3) is 9.47. The monoisotopic (exact) mass is 884 g/mol. The van der Waals surface area contributed by atoms with Gasteiger partial charge in [0.1, 0.15) is 54.0 Å². The van der Waals surface area contributed by atoms with Crippen LogP contribution in [0.25, 0.3) is 44.6 Å². The third-order valence-corrected chi connectivity index (χ3v) is 11.1. The van der Waals surface area contributed by atoms with E-state index in [4.69, 9.17) is 13.9 Å². The molecule has 3 aromatic heterocycles. The van der Waals surface area contributed by atoms with E-state index in [0.717, 1.165) is 5.57 Å². The first-order valence-corrected chi connectivity index (χ1v) is 20.7. The number of H-pyrrole nitrogens is 2. The zero-order valence-corrected chi connectivity index (χ0v) is 36.4. The molecule has 64 heavy (non-hydrogen) atoms. The van der Waals surface area contributed by atoms with Crippen LogP contribution in [0.1, 0.15) is 64.3 Å². The molecule has 338 valence electrons. The van der Waals surface area contributed by atoms with Gasteiger partial charge in [-0.1, -0.05) is 43.7 Å². The molecule has 19 heteroatoms. The number of carbonyl (C=O) groups excluding carboxylic acids is 4. The molecule has 0 saturated carbocycles. The molecule has 1 fully saturated rings. The van der Waals surface area contributed by atoms with Crippen molar-refractivity contribution in [2.75, 3.05) is 27.3 Å². The van der Waals surface area contributed by atoms with Crippen molar-refractivity contribution in [1.29, 1.82) is 0 Å². The van der Waals surface area contributed by atoms with Gasteiger partial charge in [-0.25, -0.2) is 33.1 Å². The van der Waals surface area contributed by atoms with E-state index in [1.165, 1.54) is 30.9 Å². The minimum atomic E-state index is -1.35. The summed E-state index contributed by atoms with van der Waals surface area (Å²) in [6, 6.07) is 7.92. The number of benzene rings is 2. The molecule has 5 heterocycles. The topological polar surface area (TPSA) is 214 Å². The van der Waals surface area contributed by atoms with Crippen molar-refractivity contribution >= 4 is 35.0 Å². The zero-order valence-electron chi connectivity index (χ0n) is 36.4. The summed E-state index contributed by atoms with van der Waals surface area (Å²) < 4.78 is 50.7. The second-order valence-electron chi connectivity index (χ2n) is 16.4. The van der Waals surface area contributed by atoms with Crippen LogP contribution < -0.4 is 21.0 Å². The van der Waals surface area contributed by atoms with E-state index < -0.39 is 60.1 Å². The molecular formula is C45H50F2N8O9. The van der Waals surface area contributed by atoms with Gasteiger partial charge in [0.25, 0.3) is 0 Å². The Bertz CT molecular complexity index is 2670. The summed E-state index contributed by atoms with van der Waals surface area (Å²) in [5.74, 6) is -0.126.